The van der Waals surface area contributed by atoms with E-state index in [2.05, 4.69) is 4.99 Å². The van der Waals surface area contributed by atoms with Gasteiger partial charge in [-0.2, -0.15) is 0 Å². The van der Waals surface area contributed by atoms with Crippen molar-refractivity contribution in [2.24, 2.45) is 12.0 Å². The fourth-order valence-corrected chi connectivity index (χ4v) is 3.00. The topological polar surface area (TPSA) is 85.8 Å². The molecule has 0 saturated heterocycles. The summed E-state index contributed by atoms with van der Waals surface area (Å²) in [6, 6.07) is 17.8. The highest BCUT2D eigenvalue weighted by Gasteiger charge is 2.19. The number of carbonyl (C=O) groups is 1. The highest BCUT2D eigenvalue weighted by Crippen LogP contribution is 2.19. The van der Waals surface area contributed by atoms with Gasteiger partial charge in [0, 0.05) is 18.8 Å². The first kappa shape index (κ1) is 20.9. The van der Waals surface area contributed by atoms with E-state index in [-0.39, 0.29) is 29.2 Å². The molecule has 1 heterocycles. The number of hydrogen-bond acceptors (Lipinski definition) is 5. The van der Waals surface area contributed by atoms with Gasteiger partial charge in [0.1, 0.15) is 11.3 Å². The van der Waals surface area contributed by atoms with E-state index in [4.69, 9.17) is 4.74 Å². The number of aromatic nitrogens is 2. The van der Waals surface area contributed by atoms with E-state index in [1.54, 1.807) is 55.9 Å². The van der Waals surface area contributed by atoms with Crippen molar-refractivity contribution in [3.05, 3.63) is 87.8 Å². The molecule has 0 atom stereocenters. The van der Waals surface area contributed by atoms with E-state index in [0.29, 0.717) is 16.9 Å². The second kappa shape index (κ2) is 9.09. The zero-order valence-corrected chi connectivity index (χ0v) is 17.1. The average Bonchev–Trinajstić information content (AvgIpc) is 2.98. The first-order valence-corrected chi connectivity index (χ1v) is 9.49. The largest absolute Gasteiger partial charge is 0.506 e. The standard InChI is InChI=1S/C23H23N3O4/c1-4-30-23(29)19(21(27)17-11-7-5-8-12-17)15-24-20-16(2)25(3)26(22(20)28)18-13-9-6-10-14-18/h5-15,27H,4H2,1-3H3. The smallest absolute Gasteiger partial charge is 0.343 e. The fraction of sp³-hybridized carbons (Fsp3) is 0.174. The highest BCUT2D eigenvalue weighted by atomic mass is 16.5. The summed E-state index contributed by atoms with van der Waals surface area (Å²) in [4.78, 5) is 29.7. The number of benzene rings is 2. The molecule has 30 heavy (non-hydrogen) atoms. The molecular weight excluding hydrogens is 382 g/mol. The summed E-state index contributed by atoms with van der Waals surface area (Å²) in [7, 11) is 1.76. The van der Waals surface area contributed by atoms with E-state index in [0.717, 1.165) is 0 Å². The molecule has 0 aliphatic carbocycles. The number of carbonyl (C=O) groups excluding carboxylic acids is 1. The molecule has 2 aromatic carbocycles. The second-order valence-electron chi connectivity index (χ2n) is 6.52. The molecule has 0 spiro atoms. The van der Waals surface area contributed by atoms with Crippen LogP contribution in [0, 0.1) is 6.92 Å². The van der Waals surface area contributed by atoms with Gasteiger partial charge < -0.3 is 9.84 Å². The van der Waals surface area contributed by atoms with Gasteiger partial charge in [0.15, 0.2) is 5.69 Å². The maximum absolute atomic E-state index is 13.0. The van der Waals surface area contributed by atoms with E-state index >= 15 is 0 Å². The number of aliphatic hydroxyl groups excluding tert-OH is 1. The molecular formula is C23H23N3O4. The minimum absolute atomic E-state index is 0.128. The van der Waals surface area contributed by atoms with Crippen LogP contribution < -0.4 is 5.56 Å². The molecule has 154 valence electrons. The Morgan fingerprint density at radius 1 is 1.10 bits per heavy atom. The van der Waals surface area contributed by atoms with Crippen molar-refractivity contribution in [2.45, 2.75) is 13.8 Å². The van der Waals surface area contributed by atoms with Crippen molar-refractivity contribution in [1.82, 2.24) is 9.36 Å². The molecule has 0 fully saturated rings. The van der Waals surface area contributed by atoms with Crippen LogP contribution in [0.4, 0.5) is 5.69 Å². The second-order valence-corrected chi connectivity index (χ2v) is 6.52. The molecule has 0 saturated carbocycles. The number of ether oxygens (including phenoxy) is 1. The Kier molecular flexibility index (Phi) is 6.32. The predicted molar refractivity (Wildman–Crippen MR) is 117 cm³/mol. The molecule has 3 aromatic rings. The summed E-state index contributed by atoms with van der Waals surface area (Å²) in [6.45, 7) is 3.58. The lowest BCUT2D eigenvalue weighted by Crippen LogP contribution is -2.19. The van der Waals surface area contributed by atoms with Gasteiger partial charge in [0.2, 0.25) is 0 Å². The summed E-state index contributed by atoms with van der Waals surface area (Å²) in [5.74, 6) is -0.991. The normalized spacial score (nSPS) is 12.1. The van der Waals surface area contributed by atoms with Crippen LogP contribution in [0.1, 0.15) is 18.2 Å². The van der Waals surface area contributed by atoms with Gasteiger partial charge in [-0.1, -0.05) is 48.5 Å². The lowest BCUT2D eigenvalue weighted by molar-refractivity contribution is -0.137. The first-order chi connectivity index (χ1) is 14.5. The van der Waals surface area contributed by atoms with Crippen molar-refractivity contribution in [3.63, 3.8) is 0 Å². The minimum atomic E-state index is -0.723. The highest BCUT2D eigenvalue weighted by molar-refractivity contribution is 6.15. The Balaban J connectivity index is 2.10. The Morgan fingerprint density at radius 2 is 1.70 bits per heavy atom. The molecule has 1 aromatic heterocycles. The maximum atomic E-state index is 13.0. The van der Waals surface area contributed by atoms with Gasteiger partial charge in [-0.25, -0.2) is 14.5 Å². The van der Waals surface area contributed by atoms with Crippen LogP contribution in [0.3, 0.4) is 0 Å². The average molecular weight is 405 g/mol. The first-order valence-electron chi connectivity index (χ1n) is 9.49. The van der Waals surface area contributed by atoms with Crippen LogP contribution in [0.25, 0.3) is 11.4 Å². The van der Waals surface area contributed by atoms with Crippen LogP contribution in [0.5, 0.6) is 0 Å². The minimum Gasteiger partial charge on any atom is -0.506 e. The molecule has 0 radical (unpaired) electrons. The SMILES string of the molecule is CCOC(=O)C(C=Nc1c(C)n(C)n(-c2ccccc2)c1=O)=C(O)c1ccccc1. The van der Waals surface area contributed by atoms with E-state index in [1.165, 1.54) is 10.9 Å². The van der Waals surface area contributed by atoms with Gasteiger partial charge in [-0.3, -0.25) is 9.48 Å². The Hall–Kier alpha value is -3.87. The van der Waals surface area contributed by atoms with Crippen molar-refractivity contribution < 1.29 is 14.6 Å². The van der Waals surface area contributed by atoms with Gasteiger partial charge in [-0.05, 0) is 26.0 Å². The maximum Gasteiger partial charge on any atom is 0.343 e. The molecule has 0 unspecified atom stereocenters. The summed E-state index contributed by atoms with van der Waals surface area (Å²) < 4.78 is 8.24. The molecule has 0 aliphatic rings. The van der Waals surface area contributed by atoms with Crippen LogP contribution >= 0.6 is 0 Å². The summed E-state index contributed by atoms with van der Waals surface area (Å²) in [5, 5.41) is 10.6. The predicted octanol–water partition coefficient (Wildman–Crippen LogP) is 3.72. The van der Waals surface area contributed by atoms with Crippen molar-refractivity contribution in [2.75, 3.05) is 6.61 Å². The number of aliphatic imine (C=N–C) groups is 1. The molecule has 7 heteroatoms. The van der Waals surface area contributed by atoms with Crippen LogP contribution in [0.2, 0.25) is 0 Å². The zero-order valence-electron chi connectivity index (χ0n) is 17.1. The zero-order chi connectivity index (χ0) is 21.7. The number of esters is 1. The third kappa shape index (κ3) is 4.10. The van der Waals surface area contributed by atoms with Gasteiger partial charge >= 0.3 is 5.97 Å². The molecule has 7 nitrogen and oxygen atoms in total. The van der Waals surface area contributed by atoms with Crippen LogP contribution in [0.15, 0.2) is 76.0 Å². The van der Waals surface area contributed by atoms with Crippen LogP contribution in [-0.4, -0.2) is 33.3 Å². The molecule has 0 bridgehead atoms. The molecule has 0 aliphatic heterocycles. The van der Waals surface area contributed by atoms with E-state index in [9.17, 15) is 14.7 Å². The third-order valence-electron chi connectivity index (χ3n) is 4.64. The van der Waals surface area contributed by atoms with Crippen molar-refractivity contribution in [3.8, 4) is 5.69 Å². The number of rotatable bonds is 6. The number of aliphatic hydroxyl groups is 1. The summed E-state index contributed by atoms with van der Waals surface area (Å²) in [6.07, 6.45) is 1.18. The Morgan fingerprint density at radius 3 is 2.30 bits per heavy atom. The third-order valence-corrected chi connectivity index (χ3v) is 4.64. The monoisotopic (exact) mass is 405 g/mol. The number of nitrogens with zero attached hydrogens (tertiary/aromatic N) is 3. The Labute approximate surface area is 174 Å². The van der Waals surface area contributed by atoms with Crippen molar-refractivity contribution in [1.29, 1.82) is 0 Å². The van der Waals surface area contributed by atoms with Gasteiger partial charge in [0.25, 0.3) is 5.56 Å². The van der Waals surface area contributed by atoms with E-state index in [1.807, 2.05) is 30.3 Å². The van der Waals surface area contributed by atoms with E-state index < -0.39 is 5.97 Å². The summed E-state index contributed by atoms with van der Waals surface area (Å²) in [5.41, 5.74) is 1.46. The lowest BCUT2D eigenvalue weighted by atomic mass is 10.1. The number of para-hydroxylation sites is 1. The molecule has 0 amide bonds. The molecule has 3 rings (SSSR count). The lowest BCUT2D eigenvalue weighted by Gasteiger charge is -2.07. The Bertz CT molecular complexity index is 1160. The van der Waals surface area contributed by atoms with Gasteiger partial charge in [0.05, 0.1) is 18.0 Å². The van der Waals surface area contributed by atoms with Gasteiger partial charge in [-0.15, -0.1) is 0 Å². The summed E-state index contributed by atoms with van der Waals surface area (Å²) >= 11 is 0. The van der Waals surface area contributed by atoms with Crippen LogP contribution in [-0.2, 0) is 16.6 Å². The molecule has 1 N–H and O–H groups in total. The quantitative estimate of drug-likeness (QED) is 0.293. The fourth-order valence-electron chi connectivity index (χ4n) is 3.00. The number of hydrogen-bond donors (Lipinski definition) is 1. The van der Waals surface area contributed by atoms with Crippen molar-refractivity contribution >= 4 is 23.6 Å².